The van der Waals surface area contributed by atoms with Gasteiger partial charge in [-0.2, -0.15) is 0 Å². The normalized spacial score (nSPS) is 19.8. The standard InChI is InChI=1S/C20H25N3O5S/c1-4-22(17-8-6-5-7-9-17)29(26,27)18-10-11-19(20(12-18)23(24)25)21-13-15(2)28-16(3)14-21/h5-12,15-16H,4,13-14H2,1-3H3. The highest BCUT2D eigenvalue weighted by Crippen LogP contribution is 2.34. The maximum atomic E-state index is 13.2. The Labute approximate surface area is 170 Å². The van der Waals surface area contributed by atoms with Crippen LogP contribution in [-0.4, -0.2) is 45.2 Å². The van der Waals surface area contributed by atoms with Crippen molar-refractivity contribution in [2.45, 2.75) is 37.9 Å². The van der Waals surface area contributed by atoms with Gasteiger partial charge in [0.2, 0.25) is 0 Å². The molecule has 0 N–H and O–H groups in total. The van der Waals surface area contributed by atoms with E-state index in [0.717, 1.165) is 6.07 Å². The Morgan fingerprint density at radius 1 is 1.14 bits per heavy atom. The highest BCUT2D eigenvalue weighted by Gasteiger charge is 2.31. The Hall–Kier alpha value is -2.65. The fourth-order valence-corrected chi connectivity index (χ4v) is 5.16. The zero-order valence-corrected chi connectivity index (χ0v) is 17.5. The second-order valence-electron chi connectivity index (χ2n) is 7.08. The van der Waals surface area contributed by atoms with Gasteiger partial charge in [0.1, 0.15) is 5.69 Å². The number of hydrogen-bond donors (Lipinski definition) is 0. The summed E-state index contributed by atoms with van der Waals surface area (Å²) < 4.78 is 33.3. The average Bonchev–Trinajstić information content (AvgIpc) is 2.68. The summed E-state index contributed by atoms with van der Waals surface area (Å²) in [6, 6.07) is 12.8. The van der Waals surface area contributed by atoms with Gasteiger partial charge in [-0.15, -0.1) is 0 Å². The van der Waals surface area contributed by atoms with Gasteiger partial charge in [-0.1, -0.05) is 18.2 Å². The largest absolute Gasteiger partial charge is 0.372 e. The van der Waals surface area contributed by atoms with Crippen molar-refractivity contribution in [1.29, 1.82) is 0 Å². The van der Waals surface area contributed by atoms with Crippen molar-refractivity contribution in [2.75, 3.05) is 28.8 Å². The van der Waals surface area contributed by atoms with E-state index in [1.54, 1.807) is 37.3 Å². The molecule has 3 rings (SSSR count). The van der Waals surface area contributed by atoms with E-state index in [-0.39, 0.29) is 29.3 Å². The van der Waals surface area contributed by atoms with Gasteiger partial charge >= 0.3 is 0 Å². The van der Waals surface area contributed by atoms with Gasteiger partial charge < -0.3 is 9.64 Å². The lowest BCUT2D eigenvalue weighted by Crippen LogP contribution is -2.45. The second kappa shape index (κ2) is 8.38. The third-order valence-corrected chi connectivity index (χ3v) is 6.72. The van der Waals surface area contributed by atoms with Crippen LogP contribution in [0, 0.1) is 10.1 Å². The first-order valence-corrected chi connectivity index (χ1v) is 10.9. The van der Waals surface area contributed by atoms with Gasteiger partial charge in [0.05, 0.1) is 27.7 Å². The van der Waals surface area contributed by atoms with E-state index in [0.29, 0.717) is 24.5 Å². The molecular formula is C20H25N3O5S. The summed E-state index contributed by atoms with van der Waals surface area (Å²) in [7, 11) is -3.94. The number of ether oxygens (including phenoxy) is 1. The maximum absolute atomic E-state index is 13.2. The molecule has 2 aromatic rings. The minimum absolute atomic E-state index is 0.0737. The first-order valence-electron chi connectivity index (χ1n) is 9.50. The number of nitrogens with zero attached hydrogens (tertiary/aromatic N) is 3. The Bertz CT molecular complexity index is 971. The Balaban J connectivity index is 2.03. The second-order valence-corrected chi connectivity index (χ2v) is 8.94. The summed E-state index contributed by atoms with van der Waals surface area (Å²) in [6.45, 7) is 6.76. The monoisotopic (exact) mass is 419 g/mol. The molecule has 0 aliphatic carbocycles. The number of morpholine rings is 1. The zero-order chi connectivity index (χ0) is 21.2. The van der Waals surface area contributed by atoms with Crippen LogP contribution in [0.4, 0.5) is 17.1 Å². The molecule has 0 bridgehead atoms. The van der Waals surface area contributed by atoms with Gasteiger partial charge in [-0.3, -0.25) is 14.4 Å². The number of para-hydroxylation sites is 1. The Kier molecular flexibility index (Phi) is 6.09. The molecule has 2 aromatic carbocycles. The fraction of sp³-hybridized carbons (Fsp3) is 0.400. The van der Waals surface area contributed by atoms with Crippen molar-refractivity contribution in [3.05, 3.63) is 58.6 Å². The Morgan fingerprint density at radius 3 is 2.31 bits per heavy atom. The summed E-state index contributed by atoms with van der Waals surface area (Å²) in [5.74, 6) is 0. The molecule has 1 fully saturated rings. The lowest BCUT2D eigenvalue weighted by molar-refractivity contribution is -0.384. The summed E-state index contributed by atoms with van der Waals surface area (Å²) in [5.41, 5.74) is 0.688. The molecule has 0 spiro atoms. The topological polar surface area (TPSA) is 93.0 Å². The van der Waals surface area contributed by atoms with Gasteiger partial charge in [0.15, 0.2) is 0 Å². The highest BCUT2D eigenvalue weighted by molar-refractivity contribution is 7.92. The molecule has 0 amide bonds. The highest BCUT2D eigenvalue weighted by atomic mass is 32.2. The molecule has 0 radical (unpaired) electrons. The number of nitro benzene ring substituents is 1. The first kappa shape index (κ1) is 21.1. The smallest absolute Gasteiger partial charge is 0.293 e. The predicted molar refractivity (Wildman–Crippen MR) is 112 cm³/mol. The fourth-order valence-electron chi connectivity index (χ4n) is 3.66. The van der Waals surface area contributed by atoms with E-state index in [1.807, 2.05) is 18.7 Å². The number of nitro groups is 1. The summed E-state index contributed by atoms with van der Waals surface area (Å²) >= 11 is 0. The van der Waals surface area contributed by atoms with Crippen molar-refractivity contribution in [3.63, 3.8) is 0 Å². The number of sulfonamides is 1. The van der Waals surface area contributed by atoms with E-state index in [9.17, 15) is 18.5 Å². The molecule has 1 aliphatic heterocycles. The zero-order valence-electron chi connectivity index (χ0n) is 16.7. The first-order chi connectivity index (χ1) is 13.7. The van der Waals surface area contributed by atoms with Crippen molar-refractivity contribution >= 4 is 27.1 Å². The molecule has 0 aromatic heterocycles. The van der Waals surface area contributed by atoms with Crippen molar-refractivity contribution in [2.24, 2.45) is 0 Å². The molecular weight excluding hydrogens is 394 g/mol. The van der Waals surface area contributed by atoms with Crippen LogP contribution in [0.1, 0.15) is 20.8 Å². The van der Waals surface area contributed by atoms with E-state index in [2.05, 4.69) is 0 Å². The molecule has 2 unspecified atom stereocenters. The third-order valence-electron chi connectivity index (χ3n) is 4.82. The van der Waals surface area contributed by atoms with Gasteiger partial charge in [-0.05, 0) is 45.0 Å². The number of anilines is 2. The van der Waals surface area contributed by atoms with Crippen LogP contribution in [0.5, 0.6) is 0 Å². The number of hydrogen-bond acceptors (Lipinski definition) is 6. The minimum Gasteiger partial charge on any atom is -0.372 e. The van der Waals surface area contributed by atoms with Gasteiger partial charge in [0, 0.05) is 25.7 Å². The SMILES string of the molecule is CCN(c1ccccc1)S(=O)(=O)c1ccc(N2CC(C)OC(C)C2)c([N+](=O)[O-])c1. The lowest BCUT2D eigenvalue weighted by Gasteiger charge is -2.36. The number of rotatable bonds is 6. The van der Waals surface area contributed by atoms with E-state index < -0.39 is 14.9 Å². The summed E-state index contributed by atoms with van der Waals surface area (Å²) in [6.07, 6.45) is -0.147. The van der Waals surface area contributed by atoms with Crippen LogP contribution in [0.2, 0.25) is 0 Å². The molecule has 1 saturated heterocycles. The van der Waals surface area contributed by atoms with E-state index >= 15 is 0 Å². The van der Waals surface area contributed by atoms with Crippen LogP contribution < -0.4 is 9.21 Å². The van der Waals surface area contributed by atoms with Gasteiger partial charge in [0.25, 0.3) is 15.7 Å². The number of benzene rings is 2. The quantitative estimate of drug-likeness (QED) is 0.526. The molecule has 29 heavy (non-hydrogen) atoms. The van der Waals surface area contributed by atoms with Crippen molar-refractivity contribution < 1.29 is 18.1 Å². The summed E-state index contributed by atoms with van der Waals surface area (Å²) in [5, 5.41) is 11.8. The van der Waals surface area contributed by atoms with E-state index in [1.165, 1.54) is 16.4 Å². The Morgan fingerprint density at radius 2 is 1.76 bits per heavy atom. The molecule has 156 valence electrons. The molecule has 1 aliphatic rings. The van der Waals surface area contributed by atoms with Crippen LogP contribution in [0.25, 0.3) is 0 Å². The lowest BCUT2D eigenvalue weighted by atomic mass is 10.2. The predicted octanol–water partition coefficient (Wildman–Crippen LogP) is 3.42. The molecule has 0 saturated carbocycles. The van der Waals surface area contributed by atoms with Crippen molar-refractivity contribution in [1.82, 2.24) is 0 Å². The minimum atomic E-state index is -3.94. The van der Waals surface area contributed by atoms with Crippen LogP contribution in [0.3, 0.4) is 0 Å². The van der Waals surface area contributed by atoms with Crippen LogP contribution in [0.15, 0.2) is 53.4 Å². The molecule has 1 heterocycles. The average molecular weight is 420 g/mol. The van der Waals surface area contributed by atoms with Crippen LogP contribution in [-0.2, 0) is 14.8 Å². The molecule has 8 nitrogen and oxygen atoms in total. The van der Waals surface area contributed by atoms with E-state index in [4.69, 9.17) is 4.74 Å². The summed E-state index contributed by atoms with van der Waals surface area (Å²) in [4.78, 5) is 13.0. The molecule has 9 heteroatoms. The van der Waals surface area contributed by atoms with Gasteiger partial charge in [-0.25, -0.2) is 8.42 Å². The van der Waals surface area contributed by atoms with Crippen LogP contribution >= 0.6 is 0 Å². The third kappa shape index (κ3) is 4.35. The molecule has 2 atom stereocenters. The maximum Gasteiger partial charge on any atom is 0.293 e. The van der Waals surface area contributed by atoms with Crippen molar-refractivity contribution in [3.8, 4) is 0 Å².